The largest absolute Gasteiger partial charge is 0.497 e. The first-order valence-corrected chi connectivity index (χ1v) is 8.25. The van der Waals surface area contributed by atoms with Crippen LogP contribution in [0.4, 0.5) is 0 Å². The first-order chi connectivity index (χ1) is 12.0. The molecular weight excluding hydrogens is 320 g/mol. The van der Waals surface area contributed by atoms with Gasteiger partial charge < -0.3 is 24.4 Å². The molecular formula is C20H26O5. The van der Waals surface area contributed by atoms with Gasteiger partial charge in [0.15, 0.2) is 0 Å². The lowest BCUT2D eigenvalue weighted by Gasteiger charge is -2.28. The third-order valence-electron chi connectivity index (χ3n) is 4.15. The van der Waals surface area contributed by atoms with Gasteiger partial charge in [-0.15, -0.1) is 0 Å². The lowest BCUT2D eigenvalue weighted by molar-refractivity contribution is -0.108. The Morgan fingerprint density at radius 3 is 1.56 bits per heavy atom. The Morgan fingerprint density at radius 2 is 1.16 bits per heavy atom. The third kappa shape index (κ3) is 4.95. The molecule has 0 unspecified atom stereocenters. The molecule has 2 aromatic rings. The highest BCUT2D eigenvalue weighted by Gasteiger charge is 2.25. The van der Waals surface area contributed by atoms with Crippen LogP contribution in [0, 0.1) is 0 Å². The van der Waals surface area contributed by atoms with Crippen LogP contribution in [-0.4, -0.2) is 36.6 Å². The van der Waals surface area contributed by atoms with E-state index in [0.717, 1.165) is 22.6 Å². The van der Waals surface area contributed by atoms with Crippen LogP contribution in [0.25, 0.3) is 0 Å². The van der Waals surface area contributed by atoms with Crippen molar-refractivity contribution < 1.29 is 24.4 Å². The summed E-state index contributed by atoms with van der Waals surface area (Å²) < 4.78 is 16.2. The van der Waals surface area contributed by atoms with E-state index in [1.54, 1.807) is 52.3 Å². The summed E-state index contributed by atoms with van der Waals surface area (Å²) in [5, 5.41) is 20.7. The molecule has 0 aliphatic rings. The van der Waals surface area contributed by atoms with E-state index < -0.39 is 24.4 Å². The van der Waals surface area contributed by atoms with Crippen LogP contribution in [0.2, 0.25) is 0 Å². The summed E-state index contributed by atoms with van der Waals surface area (Å²) >= 11 is 0. The van der Waals surface area contributed by atoms with Gasteiger partial charge in [-0.25, -0.2) is 0 Å². The summed E-state index contributed by atoms with van der Waals surface area (Å²) in [6.07, 6.45) is -2.59. The topological polar surface area (TPSA) is 68.2 Å². The SMILES string of the molecule is COc1ccc([C@@H](O)[C@H](C)O[C@@H](c2ccc(OC)cc2)[C@@H](C)O)cc1. The summed E-state index contributed by atoms with van der Waals surface area (Å²) in [5.41, 5.74) is 1.55. The molecule has 0 aliphatic heterocycles. The highest BCUT2D eigenvalue weighted by molar-refractivity contribution is 5.30. The zero-order valence-electron chi connectivity index (χ0n) is 15.0. The monoisotopic (exact) mass is 346 g/mol. The van der Waals surface area contributed by atoms with Crippen molar-refractivity contribution in [2.45, 2.75) is 38.3 Å². The molecule has 0 aliphatic carbocycles. The number of rotatable bonds is 8. The maximum absolute atomic E-state index is 10.5. The van der Waals surface area contributed by atoms with Gasteiger partial charge in [-0.2, -0.15) is 0 Å². The molecule has 25 heavy (non-hydrogen) atoms. The van der Waals surface area contributed by atoms with Gasteiger partial charge in [0.2, 0.25) is 0 Å². The smallest absolute Gasteiger partial charge is 0.118 e. The molecule has 0 amide bonds. The first-order valence-electron chi connectivity index (χ1n) is 8.25. The normalized spacial score (nSPS) is 15.9. The number of ether oxygens (including phenoxy) is 3. The Balaban J connectivity index is 2.11. The zero-order chi connectivity index (χ0) is 18.4. The predicted octanol–water partition coefficient (Wildman–Crippen LogP) is 3.26. The minimum atomic E-state index is -0.814. The molecule has 0 radical (unpaired) electrons. The molecule has 0 fully saturated rings. The summed E-state index contributed by atoms with van der Waals surface area (Å²) in [6.45, 7) is 3.45. The molecule has 0 aromatic heterocycles. The fraction of sp³-hybridized carbons (Fsp3) is 0.400. The second kappa shape index (κ2) is 8.85. The van der Waals surface area contributed by atoms with Gasteiger partial charge >= 0.3 is 0 Å². The van der Waals surface area contributed by atoms with Crippen molar-refractivity contribution in [2.75, 3.05) is 14.2 Å². The summed E-state index contributed by atoms with van der Waals surface area (Å²) in [5.74, 6) is 1.46. The molecule has 4 atom stereocenters. The minimum absolute atomic E-state index is 0.505. The lowest BCUT2D eigenvalue weighted by Crippen LogP contribution is -2.27. The molecule has 0 saturated heterocycles. The van der Waals surface area contributed by atoms with Crippen LogP contribution < -0.4 is 9.47 Å². The van der Waals surface area contributed by atoms with E-state index in [4.69, 9.17) is 14.2 Å². The minimum Gasteiger partial charge on any atom is -0.497 e. The van der Waals surface area contributed by atoms with E-state index >= 15 is 0 Å². The van der Waals surface area contributed by atoms with Crippen molar-refractivity contribution in [3.05, 3.63) is 59.7 Å². The lowest BCUT2D eigenvalue weighted by atomic mass is 10.0. The molecule has 2 rings (SSSR count). The first kappa shape index (κ1) is 19.2. The van der Waals surface area contributed by atoms with Crippen molar-refractivity contribution in [3.8, 4) is 11.5 Å². The molecule has 136 valence electrons. The van der Waals surface area contributed by atoms with Crippen LogP contribution in [0.3, 0.4) is 0 Å². The number of hydrogen-bond donors (Lipinski definition) is 2. The Bertz CT molecular complexity index is 636. The fourth-order valence-electron chi connectivity index (χ4n) is 2.64. The van der Waals surface area contributed by atoms with Gasteiger partial charge in [0.05, 0.1) is 26.4 Å². The Kier molecular flexibility index (Phi) is 6.82. The van der Waals surface area contributed by atoms with E-state index in [0.29, 0.717) is 0 Å². The fourth-order valence-corrected chi connectivity index (χ4v) is 2.64. The zero-order valence-corrected chi connectivity index (χ0v) is 15.0. The quantitative estimate of drug-likeness (QED) is 0.768. The average molecular weight is 346 g/mol. The number of hydrogen-bond acceptors (Lipinski definition) is 5. The third-order valence-corrected chi connectivity index (χ3v) is 4.15. The Morgan fingerprint density at radius 1 is 0.720 bits per heavy atom. The second-order valence-corrected chi connectivity index (χ2v) is 5.99. The summed E-state index contributed by atoms with van der Waals surface area (Å²) in [4.78, 5) is 0. The van der Waals surface area contributed by atoms with E-state index in [9.17, 15) is 10.2 Å². The number of methoxy groups -OCH3 is 2. The van der Waals surface area contributed by atoms with Crippen LogP contribution in [-0.2, 0) is 4.74 Å². The molecule has 0 spiro atoms. The Labute approximate surface area is 148 Å². The van der Waals surface area contributed by atoms with Gasteiger partial charge in [0.1, 0.15) is 23.7 Å². The average Bonchev–Trinajstić information content (AvgIpc) is 2.65. The number of aliphatic hydroxyl groups excluding tert-OH is 2. The van der Waals surface area contributed by atoms with Crippen LogP contribution in [0.1, 0.15) is 37.2 Å². The molecule has 0 heterocycles. The van der Waals surface area contributed by atoms with Crippen molar-refractivity contribution >= 4 is 0 Å². The molecule has 5 heteroatoms. The van der Waals surface area contributed by atoms with Gasteiger partial charge in [0.25, 0.3) is 0 Å². The van der Waals surface area contributed by atoms with Gasteiger partial charge in [-0.1, -0.05) is 24.3 Å². The van der Waals surface area contributed by atoms with Gasteiger partial charge in [-0.3, -0.25) is 0 Å². The van der Waals surface area contributed by atoms with Crippen LogP contribution in [0.15, 0.2) is 48.5 Å². The number of benzene rings is 2. The highest BCUT2D eigenvalue weighted by Crippen LogP contribution is 2.29. The maximum atomic E-state index is 10.5. The molecule has 2 aromatic carbocycles. The van der Waals surface area contributed by atoms with Crippen molar-refractivity contribution in [1.29, 1.82) is 0 Å². The standard InChI is InChI=1S/C20H26O5/c1-13(21)20(16-7-11-18(24-4)12-8-16)25-14(2)19(22)15-5-9-17(23-3)10-6-15/h5-14,19-22H,1-4H3/t13-,14+,19+,20-/m1/s1. The summed E-state index contributed by atoms with van der Waals surface area (Å²) in [7, 11) is 3.20. The summed E-state index contributed by atoms with van der Waals surface area (Å²) in [6, 6.07) is 14.5. The van der Waals surface area contributed by atoms with E-state index in [2.05, 4.69) is 0 Å². The van der Waals surface area contributed by atoms with E-state index in [-0.39, 0.29) is 0 Å². The van der Waals surface area contributed by atoms with E-state index in [1.807, 2.05) is 24.3 Å². The van der Waals surface area contributed by atoms with Crippen molar-refractivity contribution in [1.82, 2.24) is 0 Å². The molecule has 0 saturated carbocycles. The van der Waals surface area contributed by atoms with Crippen LogP contribution in [0.5, 0.6) is 11.5 Å². The van der Waals surface area contributed by atoms with Crippen LogP contribution >= 0.6 is 0 Å². The molecule has 2 N–H and O–H groups in total. The van der Waals surface area contributed by atoms with Crippen molar-refractivity contribution in [3.63, 3.8) is 0 Å². The van der Waals surface area contributed by atoms with Crippen molar-refractivity contribution in [2.24, 2.45) is 0 Å². The maximum Gasteiger partial charge on any atom is 0.118 e. The van der Waals surface area contributed by atoms with E-state index in [1.165, 1.54) is 0 Å². The second-order valence-electron chi connectivity index (χ2n) is 5.99. The molecule has 0 bridgehead atoms. The molecule has 5 nitrogen and oxygen atoms in total. The predicted molar refractivity (Wildman–Crippen MR) is 95.9 cm³/mol. The highest BCUT2D eigenvalue weighted by atomic mass is 16.5. The Hall–Kier alpha value is -2.08. The van der Waals surface area contributed by atoms with Gasteiger partial charge in [0, 0.05) is 0 Å². The number of aliphatic hydroxyl groups is 2. The van der Waals surface area contributed by atoms with Gasteiger partial charge in [-0.05, 0) is 49.2 Å².